The maximum Gasteiger partial charge on any atom is 0.326 e. The van der Waals surface area contributed by atoms with E-state index in [9.17, 15) is 29.1 Å². The fraction of sp³-hybridized carbons (Fsp3) is 0.722. The van der Waals surface area contributed by atoms with Gasteiger partial charge < -0.3 is 31.5 Å². The SMILES string of the molecule is CC(C)C(NC(=O)C(CS)NC(=O)C1CCCN1)C(=O)NC(CCC(=O)O)C(=O)O. The maximum atomic E-state index is 12.6. The van der Waals surface area contributed by atoms with E-state index >= 15 is 0 Å². The molecule has 4 atom stereocenters. The third-order valence-corrected chi connectivity index (χ3v) is 5.07. The standard InChI is InChI=1S/C18H30N4O7S/c1-9(2)14(17(27)20-11(18(28)29)5-6-13(23)24)22-16(26)12(8-30)21-15(25)10-4-3-7-19-10/h9-12,14,19,30H,3-8H2,1-2H3,(H,20,27)(H,21,25)(H,22,26)(H,23,24)(H,28,29). The van der Waals surface area contributed by atoms with Crippen molar-refractivity contribution in [1.82, 2.24) is 21.3 Å². The molecule has 0 aromatic heterocycles. The van der Waals surface area contributed by atoms with Crippen molar-refractivity contribution in [2.45, 2.75) is 63.7 Å². The van der Waals surface area contributed by atoms with Crippen LogP contribution >= 0.6 is 12.6 Å². The van der Waals surface area contributed by atoms with E-state index < -0.39 is 54.2 Å². The largest absolute Gasteiger partial charge is 0.481 e. The van der Waals surface area contributed by atoms with Crippen LogP contribution in [0.2, 0.25) is 0 Å². The topological polar surface area (TPSA) is 174 Å². The molecule has 170 valence electrons. The number of amides is 3. The zero-order valence-electron chi connectivity index (χ0n) is 17.0. The first-order chi connectivity index (χ1) is 14.1. The number of aliphatic carboxylic acids is 2. The second-order valence-electron chi connectivity index (χ2n) is 7.45. The number of carboxylic acid groups (broad SMARTS) is 2. The Morgan fingerprint density at radius 3 is 2.17 bits per heavy atom. The normalized spacial score (nSPS) is 18.9. The van der Waals surface area contributed by atoms with E-state index in [1.54, 1.807) is 13.8 Å². The third-order valence-electron chi connectivity index (χ3n) is 4.70. The molecule has 0 aromatic carbocycles. The fourth-order valence-electron chi connectivity index (χ4n) is 2.95. The van der Waals surface area contributed by atoms with Crippen molar-refractivity contribution in [1.29, 1.82) is 0 Å². The van der Waals surface area contributed by atoms with Gasteiger partial charge in [0.25, 0.3) is 0 Å². The highest BCUT2D eigenvalue weighted by atomic mass is 32.1. The van der Waals surface area contributed by atoms with Gasteiger partial charge in [-0.15, -0.1) is 0 Å². The predicted molar refractivity (Wildman–Crippen MR) is 110 cm³/mol. The molecule has 1 fully saturated rings. The van der Waals surface area contributed by atoms with Gasteiger partial charge in [-0.05, 0) is 31.7 Å². The Hall–Kier alpha value is -2.34. The average molecular weight is 447 g/mol. The molecule has 1 aliphatic rings. The summed E-state index contributed by atoms with van der Waals surface area (Å²) >= 11 is 4.10. The average Bonchev–Trinajstić information content (AvgIpc) is 3.21. The van der Waals surface area contributed by atoms with E-state index in [0.717, 1.165) is 13.0 Å². The molecule has 11 nitrogen and oxygen atoms in total. The zero-order valence-corrected chi connectivity index (χ0v) is 17.9. The Balaban J connectivity index is 2.75. The van der Waals surface area contributed by atoms with Crippen LogP contribution < -0.4 is 21.3 Å². The molecule has 4 unspecified atom stereocenters. The lowest BCUT2D eigenvalue weighted by atomic mass is 10.0. The maximum absolute atomic E-state index is 12.6. The van der Waals surface area contributed by atoms with E-state index in [-0.39, 0.29) is 24.1 Å². The monoisotopic (exact) mass is 446 g/mol. The van der Waals surface area contributed by atoms with Crippen LogP contribution in [0.3, 0.4) is 0 Å². The molecule has 1 saturated heterocycles. The molecular weight excluding hydrogens is 416 g/mol. The zero-order chi connectivity index (χ0) is 22.8. The van der Waals surface area contributed by atoms with Crippen molar-refractivity contribution in [3.8, 4) is 0 Å². The van der Waals surface area contributed by atoms with E-state index in [2.05, 4.69) is 33.9 Å². The molecule has 0 aromatic rings. The van der Waals surface area contributed by atoms with Gasteiger partial charge in [0.1, 0.15) is 18.1 Å². The van der Waals surface area contributed by atoms with E-state index in [1.165, 1.54) is 0 Å². The first-order valence-electron chi connectivity index (χ1n) is 9.76. The predicted octanol–water partition coefficient (Wildman–Crippen LogP) is -1.27. The fourth-order valence-corrected chi connectivity index (χ4v) is 3.21. The van der Waals surface area contributed by atoms with Crippen LogP contribution in [0.4, 0.5) is 0 Å². The first kappa shape index (κ1) is 25.7. The van der Waals surface area contributed by atoms with Crippen molar-refractivity contribution in [3.63, 3.8) is 0 Å². The minimum absolute atomic E-state index is 0.00703. The molecule has 6 N–H and O–H groups in total. The lowest BCUT2D eigenvalue weighted by molar-refractivity contribution is -0.143. The van der Waals surface area contributed by atoms with Crippen LogP contribution in [0, 0.1) is 5.92 Å². The second-order valence-corrected chi connectivity index (χ2v) is 7.82. The molecule has 0 bridgehead atoms. The molecule has 1 aliphatic heterocycles. The highest BCUT2D eigenvalue weighted by molar-refractivity contribution is 7.80. The van der Waals surface area contributed by atoms with Crippen molar-refractivity contribution in [3.05, 3.63) is 0 Å². The van der Waals surface area contributed by atoms with E-state index in [4.69, 9.17) is 5.11 Å². The lowest BCUT2D eigenvalue weighted by Crippen LogP contribution is -2.58. The van der Waals surface area contributed by atoms with E-state index in [0.29, 0.717) is 6.42 Å². The molecule has 1 heterocycles. The van der Waals surface area contributed by atoms with Crippen LogP contribution in [-0.4, -0.2) is 76.3 Å². The van der Waals surface area contributed by atoms with Crippen molar-refractivity contribution in [2.24, 2.45) is 5.92 Å². The van der Waals surface area contributed by atoms with Crippen LogP contribution in [-0.2, 0) is 24.0 Å². The summed E-state index contributed by atoms with van der Waals surface area (Å²) in [5.41, 5.74) is 0. The first-order valence-corrected chi connectivity index (χ1v) is 10.4. The third kappa shape index (κ3) is 8.19. The number of rotatable bonds is 12. The molecule has 0 aliphatic carbocycles. The quantitative estimate of drug-likeness (QED) is 0.182. The van der Waals surface area contributed by atoms with Crippen molar-refractivity contribution >= 4 is 42.3 Å². The number of carbonyl (C=O) groups is 5. The molecule has 0 spiro atoms. The summed E-state index contributed by atoms with van der Waals surface area (Å²) in [7, 11) is 0. The molecule has 30 heavy (non-hydrogen) atoms. The van der Waals surface area contributed by atoms with Crippen molar-refractivity contribution < 1.29 is 34.2 Å². The van der Waals surface area contributed by atoms with Gasteiger partial charge in [0, 0.05) is 12.2 Å². The molecular formula is C18H30N4O7S. The van der Waals surface area contributed by atoms with Gasteiger partial charge >= 0.3 is 11.9 Å². The van der Waals surface area contributed by atoms with Crippen molar-refractivity contribution in [2.75, 3.05) is 12.3 Å². The lowest BCUT2D eigenvalue weighted by Gasteiger charge is -2.26. The van der Waals surface area contributed by atoms with Gasteiger partial charge in [-0.3, -0.25) is 19.2 Å². The van der Waals surface area contributed by atoms with Crippen LogP contribution in [0.15, 0.2) is 0 Å². The Kier molecular flexibility index (Phi) is 10.6. The number of hydrogen-bond donors (Lipinski definition) is 7. The van der Waals surface area contributed by atoms with Gasteiger partial charge in [0.15, 0.2) is 0 Å². The minimum Gasteiger partial charge on any atom is -0.481 e. The summed E-state index contributed by atoms with van der Waals surface area (Å²) in [6.45, 7) is 4.04. The molecule has 12 heteroatoms. The summed E-state index contributed by atoms with van der Waals surface area (Å²) in [5.74, 6) is -4.65. The molecule has 0 radical (unpaired) electrons. The Morgan fingerprint density at radius 1 is 1.03 bits per heavy atom. The highest BCUT2D eigenvalue weighted by Gasteiger charge is 2.32. The number of thiol groups is 1. The van der Waals surface area contributed by atoms with Gasteiger partial charge in [-0.25, -0.2) is 4.79 Å². The van der Waals surface area contributed by atoms with Gasteiger partial charge in [-0.1, -0.05) is 13.8 Å². The van der Waals surface area contributed by atoms with Crippen LogP contribution in [0.5, 0.6) is 0 Å². The Labute approximate surface area is 180 Å². The van der Waals surface area contributed by atoms with Gasteiger partial charge in [-0.2, -0.15) is 12.6 Å². The number of carboxylic acids is 2. The Morgan fingerprint density at radius 2 is 1.70 bits per heavy atom. The summed E-state index contributed by atoms with van der Waals surface area (Å²) in [5, 5.41) is 28.4. The highest BCUT2D eigenvalue weighted by Crippen LogP contribution is 2.08. The van der Waals surface area contributed by atoms with Crippen LogP contribution in [0.25, 0.3) is 0 Å². The number of nitrogens with one attached hydrogen (secondary N) is 4. The molecule has 3 amide bonds. The number of hydrogen-bond acceptors (Lipinski definition) is 7. The van der Waals surface area contributed by atoms with Crippen LogP contribution in [0.1, 0.15) is 39.5 Å². The minimum atomic E-state index is -1.40. The Bertz CT molecular complexity index is 652. The van der Waals surface area contributed by atoms with Gasteiger partial charge in [0.05, 0.1) is 6.04 Å². The van der Waals surface area contributed by atoms with E-state index in [1.807, 2.05) is 0 Å². The molecule has 1 rings (SSSR count). The summed E-state index contributed by atoms with van der Waals surface area (Å²) in [6.07, 6.45) is 0.798. The smallest absolute Gasteiger partial charge is 0.326 e. The summed E-state index contributed by atoms with van der Waals surface area (Å²) in [6, 6.07) is -3.83. The number of carbonyl (C=O) groups excluding carboxylic acids is 3. The van der Waals surface area contributed by atoms with Gasteiger partial charge in [0.2, 0.25) is 17.7 Å². The second kappa shape index (κ2) is 12.4. The summed E-state index contributed by atoms with van der Waals surface area (Å²) < 4.78 is 0. The molecule has 0 saturated carbocycles. The summed E-state index contributed by atoms with van der Waals surface area (Å²) in [4.78, 5) is 59.4.